The molecule has 0 unspecified atom stereocenters. The third-order valence-electron chi connectivity index (χ3n) is 6.88. The van der Waals surface area contributed by atoms with Crippen molar-refractivity contribution in [2.75, 3.05) is 5.32 Å². The van der Waals surface area contributed by atoms with Gasteiger partial charge in [-0.2, -0.15) is 0 Å². The van der Waals surface area contributed by atoms with Crippen LogP contribution in [0.3, 0.4) is 0 Å². The number of nitrogens with two attached hydrogens (primary N) is 1. The Balaban J connectivity index is 1.93. The number of rotatable bonds is 5. The summed E-state index contributed by atoms with van der Waals surface area (Å²) >= 11 is 12.2. The predicted octanol–water partition coefficient (Wildman–Crippen LogP) is 6.33. The lowest BCUT2D eigenvalue weighted by atomic mass is 9.68. The minimum absolute atomic E-state index is 0.113. The molecule has 4 N–H and O–H groups in total. The molecule has 2 aromatic carbocycles. The van der Waals surface area contributed by atoms with Crippen molar-refractivity contribution in [3.05, 3.63) is 93.2 Å². The van der Waals surface area contributed by atoms with Crippen LogP contribution in [0.15, 0.2) is 54.7 Å². The Morgan fingerprint density at radius 3 is 2.54 bits per heavy atom. The molecule has 1 amide bonds. The summed E-state index contributed by atoms with van der Waals surface area (Å²) in [5.74, 6) is -2.79. The van der Waals surface area contributed by atoms with E-state index in [0.29, 0.717) is 17.8 Å². The van der Waals surface area contributed by atoms with Crippen LogP contribution < -0.4 is 16.4 Å². The van der Waals surface area contributed by atoms with Crippen molar-refractivity contribution in [3.8, 4) is 0 Å². The lowest BCUT2D eigenvalue weighted by Gasteiger charge is -2.40. The van der Waals surface area contributed by atoms with E-state index in [1.165, 1.54) is 24.3 Å². The lowest BCUT2D eigenvalue weighted by Crippen LogP contribution is -2.52. The minimum Gasteiger partial charge on any atom is -0.323 e. The van der Waals surface area contributed by atoms with Gasteiger partial charge < -0.3 is 16.4 Å². The second kappa shape index (κ2) is 10.3. The van der Waals surface area contributed by atoms with Crippen LogP contribution in [0, 0.1) is 24.0 Å². The molecular weight excluding hydrogens is 517 g/mol. The summed E-state index contributed by atoms with van der Waals surface area (Å²) in [7, 11) is 0. The average Bonchev–Trinajstić information content (AvgIpc) is 3.08. The van der Waals surface area contributed by atoms with Crippen LogP contribution in [0.5, 0.6) is 0 Å². The molecule has 9 heteroatoms. The van der Waals surface area contributed by atoms with Gasteiger partial charge in [-0.1, -0.05) is 62.2 Å². The summed E-state index contributed by atoms with van der Waals surface area (Å²) in [6.45, 7) is 7.84. The number of pyridine rings is 1. The van der Waals surface area contributed by atoms with Crippen molar-refractivity contribution in [2.24, 2.45) is 11.1 Å². The number of hydrogen-bond donors (Lipinski definition) is 3. The molecule has 4 atom stereocenters. The van der Waals surface area contributed by atoms with Gasteiger partial charge in [0.2, 0.25) is 5.91 Å². The van der Waals surface area contributed by atoms with Gasteiger partial charge in [-0.3, -0.25) is 9.78 Å². The van der Waals surface area contributed by atoms with Gasteiger partial charge in [0.25, 0.3) is 0 Å². The lowest BCUT2D eigenvalue weighted by molar-refractivity contribution is -0.118. The normalized spacial score (nSPS) is 23.8. The van der Waals surface area contributed by atoms with E-state index in [0.717, 1.165) is 0 Å². The quantitative estimate of drug-likeness (QED) is 0.349. The Bertz CT molecular complexity index is 1330. The molecule has 0 spiro atoms. The van der Waals surface area contributed by atoms with Crippen molar-refractivity contribution in [2.45, 2.75) is 57.7 Å². The van der Waals surface area contributed by atoms with Crippen molar-refractivity contribution < 1.29 is 13.6 Å². The summed E-state index contributed by atoms with van der Waals surface area (Å²) in [6, 6.07) is 10.6. The van der Waals surface area contributed by atoms with E-state index in [1.54, 1.807) is 37.4 Å². The number of nitrogens with zero attached hydrogens (tertiary/aromatic N) is 1. The van der Waals surface area contributed by atoms with Gasteiger partial charge in [-0.25, -0.2) is 8.78 Å². The molecule has 4 rings (SSSR count). The van der Waals surface area contributed by atoms with E-state index in [9.17, 15) is 4.79 Å². The Morgan fingerprint density at radius 2 is 1.89 bits per heavy atom. The van der Waals surface area contributed by atoms with Crippen molar-refractivity contribution in [3.63, 3.8) is 0 Å². The van der Waals surface area contributed by atoms with E-state index in [2.05, 4.69) is 15.6 Å². The Kier molecular flexibility index (Phi) is 7.64. The maximum atomic E-state index is 15.6. The van der Waals surface area contributed by atoms with Gasteiger partial charge in [-0.15, -0.1) is 0 Å². The average molecular weight is 547 g/mol. The zero-order valence-electron chi connectivity index (χ0n) is 21.1. The predicted molar refractivity (Wildman–Crippen MR) is 144 cm³/mol. The monoisotopic (exact) mass is 546 g/mol. The van der Waals surface area contributed by atoms with Crippen LogP contribution in [0.4, 0.5) is 14.5 Å². The standard InChI is InChI=1S/C28H30Cl2F2N4O/c1-15-21(9-6-12-34-15)35-26(37)25-23(17-7-5-8-19(30)24(17)32)28(33,22(36-25)14-27(2,3)4)18-11-10-16(29)13-20(18)31/h5-13,22-23,25,36H,14,33H2,1-4H3,(H,35,37)/t22-,23-,25+,28+/m0/s1. The molecule has 3 aromatic rings. The highest BCUT2D eigenvalue weighted by molar-refractivity contribution is 6.31. The summed E-state index contributed by atoms with van der Waals surface area (Å²) in [6.07, 6.45) is 2.09. The van der Waals surface area contributed by atoms with E-state index in [4.69, 9.17) is 28.9 Å². The molecule has 1 fully saturated rings. The van der Waals surface area contributed by atoms with Crippen LogP contribution in [0.2, 0.25) is 10.0 Å². The second-order valence-corrected chi connectivity index (χ2v) is 11.6. The number of aromatic nitrogens is 1. The van der Waals surface area contributed by atoms with Crippen molar-refractivity contribution >= 4 is 34.8 Å². The fraction of sp³-hybridized carbons (Fsp3) is 0.357. The van der Waals surface area contributed by atoms with Crippen LogP contribution in [0.25, 0.3) is 0 Å². The number of amides is 1. The molecule has 0 aliphatic carbocycles. The fourth-order valence-electron chi connectivity index (χ4n) is 5.23. The van der Waals surface area contributed by atoms with E-state index >= 15 is 8.78 Å². The molecule has 1 aliphatic heterocycles. The number of nitrogens with one attached hydrogen (secondary N) is 2. The van der Waals surface area contributed by atoms with Gasteiger partial charge in [0, 0.05) is 28.7 Å². The molecule has 1 aromatic heterocycles. The van der Waals surface area contributed by atoms with Crippen molar-refractivity contribution in [1.82, 2.24) is 10.3 Å². The fourth-order valence-corrected chi connectivity index (χ4v) is 5.57. The largest absolute Gasteiger partial charge is 0.323 e. The first-order chi connectivity index (χ1) is 17.3. The Hall–Kier alpha value is -2.58. The first-order valence-corrected chi connectivity index (χ1v) is 12.8. The van der Waals surface area contributed by atoms with Crippen molar-refractivity contribution in [1.29, 1.82) is 0 Å². The van der Waals surface area contributed by atoms with Crippen LogP contribution in [-0.2, 0) is 10.3 Å². The van der Waals surface area contributed by atoms with Gasteiger partial charge in [0.15, 0.2) is 0 Å². The number of halogens is 4. The third kappa shape index (κ3) is 5.36. The maximum Gasteiger partial charge on any atom is 0.242 e. The number of carbonyl (C=O) groups excluding carboxylic acids is 1. The highest BCUT2D eigenvalue weighted by Gasteiger charge is 2.58. The van der Waals surface area contributed by atoms with Gasteiger partial charge in [0.1, 0.15) is 11.6 Å². The number of hydrogen-bond acceptors (Lipinski definition) is 4. The van der Waals surface area contributed by atoms with Gasteiger partial charge in [0.05, 0.1) is 28.0 Å². The Morgan fingerprint density at radius 1 is 1.16 bits per heavy atom. The minimum atomic E-state index is -1.53. The van der Waals surface area contributed by atoms with Crippen LogP contribution in [-0.4, -0.2) is 23.0 Å². The van der Waals surface area contributed by atoms with Gasteiger partial charge in [-0.05, 0) is 54.7 Å². The molecule has 37 heavy (non-hydrogen) atoms. The zero-order chi connectivity index (χ0) is 27.1. The first kappa shape index (κ1) is 27.5. The number of benzene rings is 2. The number of carbonyl (C=O) groups is 1. The smallest absolute Gasteiger partial charge is 0.242 e. The first-order valence-electron chi connectivity index (χ1n) is 12.0. The highest BCUT2D eigenvalue weighted by Crippen LogP contribution is 2.50. The molecule has 196 valence electrons. The molecule has 0 bridgehead atoms. The van der Waals surface area contributed by atoms with E-state index < -0.39 is 41.1 Å². The SMILES string of the molecule is Cc1ncccc1NC(=O)[C@@H]1N[C@@H](CC(C)(C)C)[C@](N)(c2ccc(Cl)cc2F)[C@H]1c1cccc(Cl)c1F. The van der Waals surface area contributed by atoms with Crippen LogP contribution >= 0.6 is 23.2 Å². The highest BCUT2D eigenvalue weighted by atomic mass is 35.5. The second-order valence-electron chi connectivity index (χ2n) is 10.8. The van der Waals surface area contributed by atoms with Crippen LogP contribution in [0.1, 0.15) is 49.9 Å². The van der Waals surface area contributed by atoms with E-state index in [1.807, 2.05) is 20.8 Å². The molecule has 0 radical (unpaired) electrons. The summed E-state index contributed by atoms with van der Waals surface area (Å²) < 4.78 is 31.1. The summed E-state index contributed by atoms with van der Waals surface area (Å²) in [5.41, 5.74) is 6.79. The molecule has 0 saturated carbocycles. The van der Waals surface area contributed by atoms with Gasteiger partial charge >= 0.3 is 0 Å². The summed E-state index contributed by atoms with van der Waals surface area (Å²) in [4.78, 5) is 18.0. The molecule has 2 heterocycles. The molecule has 1 aliphatic rings. The maximum absolute atomic E-state index is 15.6. The Labute approximate surface area is 225 Å². The molecule has 5 nitrogen and oxygen atoms in total. The van der Waals surface area contributed by atoms with E-state index in [-0.39, 0.29) is 26.6 Å². The topological polar surface area (TPSA) is 80.0 Å². The molecule has 1 saturated heterocycles. The third-order valence-corrected chi connectivity index (χ3v) is 7.41. The number of anilines is 1. The number of aryl methyl sites for hydroxylation is 1. The summed E-state index contributed by atoms with van der Waals surface area (Å²) in [5, 5.41) is 6.33. The molecular formula is C28H30Cl2F2N4O. The zero-order valence-corrected chi connectivity index (χ0v) is 22.6.